The van der Waals surface area contributed by atoms with Crippen molar-refractivity contribution in [2.45, 2.75) is 39.7 Å². The van der Waals surface area contributed by atoms with Gasteiger partial charge in [-0.3, -0.25) is 9.69 Å². The van der Waals surface area contributed by atoms with Crippen molar-refractivity contribution in [3.05, 3.63) is 29.8 Å². The maximum absolute atomic E-state index is 13.0. The molecule has 1 N–H and O–H groups in total. The molecular weight excluding hydrogens is 350 g/mol. The number of rotatable bonds is 8. The zero-order valence-electron chi connectivity index (χ0n) is 17.8. The van der Waals surface area contributed by atoms with Gasteiger partial charge in [0.25, 0.3) is 0 Å². The first kappa shape index (κ1) is 21.1. The molecule has 2 aliphatic heterocycles. The molecule has 28 heavy (non-hydrogen) atoms. The first-order chi connectivity index (χ1) is 13.6. The number of piperidine rings is 1. The van der Waals surface area contributed by atoms with Crippen LogP contribution < -0.4 is 10.1 Å². The Hall–Kier alpha value is -1.59. The molecule has 5 nitrogen and oxygen atoms in total. The van der Waals surface area contributed by atoms with Gasteiger partial charge in [0.05, 0.1) is 13.0 Å². The minimum Gasteiger partial charge on any atom is -0.496 e. The number of likely N-dealkylation sites (tertiary alicyclic amines) is 1. The van der Waals surface area contributed by atoms with E-state index in [1.54, 1.807) is 7.11 Å². The van der Waals surface area contributed by atoms with Crippen LogP contribution in [0.1, 0.15) is 38.7 Å². The summed E-state index contributed by atoms with van der Waals surface area (Å²) in [6.45, 7) is 11.2. The zero-order chi connectivity index (χ0) is 19.9. The number of amides is 1. The Kier molecular flexibility index (Phi) is 7.74. The lowest BCUT2D eigenvalue weighted by atomic mass is 9.94. The highest BCUT2D eigenvalue weighted by Gasteiger charge is 2.30. The van der Waals surface area contributed by atoms with Crippen LogP contribution in [-0.4, -0.2) is 62.1 Å². The van der Waals surface area contributed by atoms with Crippen molar-refractivity contribution in [3.8, 4) is 5.75 Å². The lowest BCUT2D eigenvalue weighted by Gasteiger charge is -2.36. The third-order valence-corrected chi connectivity index (χ3v) is 6.08. The molecule has 0 saturated carbocycles. The lowest BCUT2D eigenvalue weighted by molar-refractivity contribution is -0.136. The molecule has 156 valence electrons. The van der Waals surface area contributed by atoms with Crippen molar-refractivity contribution in [1.29, 1.82) is 0 Å². The standard InChI is InChI=1S/C23H37N3O2/c1-18(2)15-26(23(27)20-8-11-24-14-20)16-19-9-12-25(13-10-19)17-21-6-4-5-7-22(21)28-3/h4-7,18-20,24H,8-17H2,1-3H3. The van der Waals surface area contributed by atoms with Crippen LogP contribution in [0.5, 0.6) is 5.75 Å². The monoisotopic (exact) mass is 387 g/mol. The summed E-state index contributed by atoms with van der Waals surface area (Å²) in [5, 5.41) is 3.34. The van der Waals surface area contributed by atoms with Crippen LogP contribution in [0, 0.1) is 17.8 Å². The van der Waals surface area contributed by atoms with Crippen LogP contribution in [-0.2, 0) is 11.3 Å². The number of carbonyl (C=O) groups excluding carboxylic acids is 1. The fraction of sp³-hybridized carbons (Fsp3) is 0.696. The van der Waals surface area contributed by atoms with E-state index in [-0.39, 0.29) is 5.92 Å². The second-order valence-electron chi connectivity index (χ2n) is 8.86. The van der Waals surface area contributed by atoms with Gasteiger partial charge in [0, 0.05) is 31.7 Å². The number of para-hydroxylation sites is 1. The molecule has 3 rings (SSSR count). The summed E-state index contributed by atoms with van der Waals surface area (Å²) in [7, 11) is 1.74. The Bertz CT molecular complexity index is 620. The number of hydrogen-bond acceptors (Lipinski definition) is 4. The number of ether oxygens (including phenoxy) is 1. The molecular formula is C23H37N3O2. The van der Waals surface area contributed by atoms with Crippen LogP contribution in [0.3, 0.4) is 0 Å². The lowest BCUT2D eigenvalue weighted by Crippen LogP contribution is -2.44. The molecule has 2 heterocycles. The SMILES string of the molecule is COc1ccccc1CN1CCC(CN(CC(C)C)C(=O)C2CCNC2)CC1. The van der Waals surface area contributed by atoms with Gasteiger partial charge in [0.1, 0.15) is 5.75 Å². The summed E-state index contributed by atoms with van der Waals surface area (Å²) in [6, 6.07) is 8.30. The summed E-state index contributed by atoms with van der Waals surface area (Å²) in [5.74, 6) is 2.66. The average molecular weight is 388 g/mol. The van der Waals surface area contributed by atoms with Gasteiger partial charge in [-0.2, -0.15) is 0 Å². The van der Waals surface area contributed by atoms with E-state index in [9.17, 15) is 4.79 Å². The normalized spacial score (nSPS) is 21.2. The van der Waals surface area contributed by atoms with Crippen molar-refractivity contribution >= 4 is 5.91 Å². The topological polar surface area (TPSA) is 44.8 Å². The first-order valence-corrected chi connectivity index (χ1v) is 10.9. The second-order valence-corrected chi connectivity index (χ2v) is 8.86. The number of nitrogens with zero attached hydrogens (tertiary/aromatic N) is 2. The van der Waals surface area contributed by atoms with Gasteiger partial charge in [0.15, 0.2) is 0 Å². The van der Waals surface area contributed by atoms with E-state index in [1.165, 1.54) is 18.4 Å². The maximum atomic E-state index is 13.0. The van der Waals surface area contributed by atoms with E-state index >= 15 is 0 Å². The van der Waals surface area contributed by atoms with Crippen molar-refractivity contribution in [1.82, 2.24) is 15.1 Å². The number of hydrogen-bond donors (Lipinski definition) is 1. The van der Waals surface area contributed by atoms with E-state index in [1.807, 2.05) is 12.1 Å². The predicted molar refractivity (Wildman–Crippen MR) is 113 cm³/mol. The number of methoxy groups -OCH3 is 1. The summed E-state index contributed by atoms with van der Waals surface area (Å²) in [4.78, 5) is 17.7. The largest absolute Gasteiger partial charge is 0.496 e. The molecule has 1 amide bonds. The highest BCUT2D eigenvalue weighted by atomic mass is 16.5. The van der Waals surface area contributed by atoms with Crippen LogP contribution >= 0.6 is 0 Å². The summed E-state index contributed by atoms with van der Waals surface area (Å²) in [5.41, 5.74) is 1.26. The molecule has 0 aliphatic carbocycles. The Morgan fingerprint density at radius 1 is 1.25 bits per heavy atom. The number of benzene rings is 1. The molecule has 1 atom stereocenters. The molecule has 2 fully saturated rings. The van der Waals surface area contributed by atoms with Gasteiger partial charge in [-0.05, 0) is 56.8 Å². The molecule has 0 spiro atoms. The van der Waals surface area contributed by atoms with Gasteiger partial charge in [-0.1, -0.05) is 32.0 Å². The number of carbonyl (C=O) groups is 1. The number of nitrogens with one attached hydrogen (secondary N) is 1. The van der Waals surface area contributed by atoms with Crippen LogP contribution in [0.2, 0.25) is 0 Å². The first-order valence-electron chi connectivity index (χ1n) is 10.9. The minimum absolute atomic E-state index is 0.185. The third-order valence-electron chi connectivity index (χ3n) is 6.08. The molecule has 0 radical (unpaired) electrons. The maximum Gasteiger partial charge on any atom is 0.227 e. The highest BCUT2D eigenvalue weighted by molar-refractivity contribution is 5.79. The molecule has 1 unspecified atom stereocenters. The zero-order valence-corrected chi connectivity index (χ0v) is 17.8. The van der Waals surface area contributed by atoms with Crippen molar-refractivity contribution < 1.29 is 9.53 Å². The predicted octanol–water partition coefficient (Wildman–Crippen LogP) is 3.00. The van der Waals surface area contributed by atoms with E-state index in [2.05, 4.69) is 41.1 Å². The molecule has 1 aromatic rings. The molecule has 0 bridgehead atoms. The Balaban J connectivity index is 1.51. The third kappa shape index (κ3) is 5.71. The van der Waals surface area contributed by atoms with E-state index in [4.69, 9.17) is 4.74 Å². The van der Waals surface area contributed by atoms with Gasteiger partial charge in [-0.25, -0.2) is 0 Å². The highest BCUT2D eigenvalue weighted by Crippen LogP contribution is 2.25. The molecule has 5 heteroatoms. The summed E-state index contributed by atoms with van der Waals surface area (Å²) >= 11 is 0. The average Bonchev–Trinajstić information content (AvgIpc) is 3.23. The minimum atomic E-state index is 0.185. The Morgan fingerprint density at radius 3 is 2.64 bits per heavy atom. The van der Waals surface area contributed by atoms with Crippen LogP contribution in [0.15, 0.2) is 24.3 Å². The smallest absolute Gasteiger partial charge is 0.227 e. The van der Waals surface area contributed by atoms with Gasteiger partial charge in [0.2, 0.25) is 5.91 Å². The van der Waals surface area contributed by atoms with Crippen LogP contribution in [0.25, 0.3) is 0 Å². The fourth-order valence-corrected chi connectivity index (χ4v) is 4.53. The van der Waals surface area contributed by atoms with E-state index in [0.29, 0.717) is 17.7 Å². The van der Waals surface area contributed by atoms with E-state index in [0.717, 1.165) is 58.0 Å². The second kappa shape index (κ2) is 10.3. The fourth-order valence-electron chi connectivity index (χ4n) is 4.53. The quantitative estimate of drug-likeness (QED) is 0.745. The van der Waals surface area contributed by atoms with Crippen LogP contribution in [0.4, 0.5) is 0 Å². The molecule has 0 aromatic heterocycles. The molecule has 1 aromatic carbocycles. The summed E-state index contributed by atoms with van der Waals surface area (Å²) < 4.78 is 5.50. The molecule has 2 aliphatic rings. The summed E-state index contributed by atoms with van der Waals surface area (Å²) in [6.07, 6.45) is 3.32. The Morgan fingerprint density at radius 2 is 2.00 bits per heavy atom. The van der Waals surface area contributed by atoms with Gasteiger partial charge < -0.3 is 15.0 Å². The van der Waals surface area contributed by atoms with Gasteiger partial charge in [-0.15, -0.1) is 0 Å². The Labute approximate surface area is 170 Å². The van der Waals surface area contributed by atoms with E-state index < -0.39 is 0 Å². The van der Waals surface area contributed by atoms with Gasteiger partial charge >= 0.3 is 0 Å². The van der Waals surface area contributed by atoms with Crippen molar-refractivity contribution in [3.63, 3.8) is 0 Å². The molecule has 2 saturated heterocycles. The van der Waals surface area contributed by atoms with Crippen molar-refractivity contribution in [2.24, 2.45) is 17.8 Å². The van der Waals surface area contributed by atoms with Crippen molar-refractivity contribution in [2.75, 3.05) is 46.4 Å².